The number of azide groups is 1. The van der Waals surface area contributed by atoms with Gasteiger partial charge in [0.1, 0.15) is 0 Å². The third kappa shape index (κ3) is 5.01. The van der Waals surface area contributed by atoms with E-state index in [1.165, 1.54) is 12.3 Å². The van der Waals surface area contributed by atoms with Crippen molar-refractivity contribution in [2.45, 2.75) is 0 Å². The van der Waals surface area contributed by atoms with Crippen LogP contribution in [0.5, 0.6) is 0 Å². The SMILES string of the molecule is [N-]=[N+]=N/C=C\CO. The van der Waals surface area contributed by atoms with Gasteiger partial charge < -0.3 is 5.11 Å². The molecular weight excluding hydrogens is 94.1 g/mol. The summed E-state index contributed by atoms with van der Waals surface area (Å²) in [6, 6.07) is 0. The van der Waals surface area contributed by atoms with Crippen molar-refractivity contribution in [2.75, 3.05) is 6.61 Å². The molecule has 38 valence electrons. The smallest absolute Gasteiger partial charge is 0.0614 e. The minimum atomic E-state index is -0.0843. The maximum Gasteiger partial charge on any atom is 0.0614 e. The van der Waals surface area contributed by atoms with E-state index in [4.69, 9.17) is 10.6 Å². The Morgan fingerprint density at radius 3 is 3.00 bits per heavy atom. The molecule has 4 nitrogen and oxygen atoms in total. The molecule has 0 aliphatic rings. The van der Waals surface area contributed by atoms with Crippen LogP contribution in [0.3, 0.4) is 0 Å². The lowest BCUT2D eigenvalue weighted by Crippen LogP contribution is -1.66. The van der Waals surface area contributed by atoms with Crippen molar-refractivity contribution < 1.29 is 5.11 Å². The van der Waals surface area contributed by atoms with E-state index in [-0.39, 0.29) is 6.61 Å². The molecule has 0 fully saturated rings. The first kappa shape index (κ1) is 6.01. The van der Waals surface area contributed by atoms with Gasteiger partial charge in [0.15, 0.2) is 0 Å². The summed E-state index contributed by atoms with van der Waals surface area (Å²) in [6.45, 7) is -0.0843. The first-order valence-electron chi connectivity index (χ1n) is 1.72. The van der Waals surface area contributed by atoms with Crippen LogP contribution in [0.25, 0.3) is 10.4 Å². The fourth-order valence-corrected chi connectivity index (χ4v) is 0.124. The summed E-state index contributed by atoms with van der Waals surface area (Å²) >= 11 is 0. The third-order valence-electron chi connectivity index (χ3n) is 0.329. The van der Waals surface area contributed by atoms with Crippen LogP contribution in [0.15, 0.2) is 17.4 Å². The lowest BCUT2D eigenvalue weighted by molar-refractivity contribution is 0.342. The van der Waals surface area contributed by atoms with Crippen molar-refractivity contribution in [3.63, 3.8) is 0 Å². The molecule has 0 atom stereocenters. The van der Waals surface area contributed by atoms with Gasteiger partial charge in [0.25, 0.3) is 0 Å². The molecule has 4 heteroatoms. The average molecular weight is 99.1 g/mol. The van der Waals surface area contributed by atoms with Gasteiger partial charge in [-0.25, -0.2) is 0 Å². The molecule has 0 amide bonds. The highest BCUT2D eigenvalue weighted by atomic mass is 16.2. The molecule has 0 aromatic rings. The van der Waals surface area contributed by atoms with Gasteiger partial charge in [0, 0.05) is 4.91 Å². The Kier molecular flexibility index (Phi) is 4.30. The second-order valence-electron chi connectivity index (χ2n) is 0.772. The van der Waals surface area contributed by atoms with Crippen LogP contribution in [0.4, 0.5) is 0 Å². The van der Waals surface area contributed by atoms with Gasteiger partial charge in [-0.2, -0.15) is 0 Å². The molecule has 0 unspecified atom stereocenters. The number of nitrogens with zero attached hydrogens (tertiary/aromatic N) is 3. The van der Waals surface area contributed by atoms with Crippen LogP contribution < -0.4 is 0 Å². The largest absolute Gasteiger partial charge is 0.392 e. The van der Waals surface area contributed by atoms with E-state index in [9.17, 15) is 0 Å². The molecule has 0 saturated carbocycles. The summed E-state index contributed by atoms with van der Waals surface area (Å²) in [5.41, 5.74) is 7.62. The minimum Gasteiger partial charge on any atom is -0.392 e. The predicted octanol–water partition coefficient (Wildman–Crippen LogP) is 0.803. The third-order valence-corrected chi connectivity index (χ3v) is 0.329. The zero-order valence-electron chi connectivity index (χ0n) is 3.65. The zero-order valence-corrected chi connectivity index (χ0v) is 3.65. The summed E-state index contributed by atoms with van der Waals surface area (Å²) in [5.74, 6) is 0. The standard InChI is InChI=1S/C3H5N3O/c4-6-5-2-1-3-7/h1-2,7H,3H2/b2-1-. The van der Waals surface area contributed by atoms with Gasteiger partial charge in [0.2, 0.25) is 0 Å². The quantitative estimate of drug-likeness (QED) is 0.310. The number of aliphatic hydroxyl groups excluding tert-OH is 1. The number of hydrogen-bond acceptors (Lipinski definition) is 2. The molecule has 0 aromatic carbocycles. The van der Waals surface area contributed by atoms with Gasteiger partial charge in [-0.3, -0.25) is 0 Å². The van der Waals surface area contributed by atoms with Gasteiger partial charge in [-0.05, 0) is 11.7 Å². The van der Waals surface area contributed by atoms with Crippen molar-refractivity contribution in [2.24, 2.45) is 5.11 Å². The Morgan fingerprint density at radius 1 is 1.86 bits per heavy atom. The summed E-state index contributed by atoms with van der Waals surface area (Å²) in [6.07, 6.45) is 2.54. The highest BCUT2D eigenvalue weighted by Crippen LogP contribution is 1.71. The second kappa shape index (κ2) is 5.01. The highest BCUT2D eigenvalue weighted by molar-refractivity contribution is 4.77. The fraction of sp³-hybridized carbons (Fsp3) is 0.333. The maximum absolute atomic E-state index is 8.02. The van der Waals surface area contributed by atoms with Crippen molar-refractivity contribution >= 4 is 0 Å². The molecule has 1 N–H and O–H groups in total. The molecule has 0 bridgehead atoms. The Balaban J connectivity index is 3.27. The van der Waals surface area contributed by atoms with Gasteiger partial charge in [-0.15, -0.1) is 0 Å². The molecule has 0 saturated heterocycles. The number of hydrogen-bond donors (Lipinski definition) is 1. The van der Waals surface area contributed by atoms with E-state index in [1.54, 1.807) is 0 Å². The number of aliphatic hydroxyl groups is 1. The van der Waals surface area contributed by atoms with Gasteiger partial charge >= 0.3 is 0 Å². The van der Waals surface area contributed by atoms with E-state index < -0.39 is 0 Å². The molecule has 0 aliphatic carbocycles. The molecule has 0 aromatic heterocycles. The summed E-state index contributed by atoms with van der Waals surface area (Å²) in [7, 11) is 0. The zero-order chi connectivity index (χ0) is 5.54. The number of rotatable bonds is 2. The Bertz CT molecular complexity index is 103. The Hall–Kier alpha value is -0.990. The summed E-state index contributed by atoms with van der Waals surface area (Å²) in [4.78, 5) is 2.40. The van der Waals surface area contributed by atoms with Crippen LogP contribution in [0, 0.1) is 0 Å². The summed E-state index contributed by atoms with van der Waals surface area (Å²) < 4.78 is 0. The van der Waals surface area contributed by atoms with E-state index in [0.29, 0.717) is 0 Å². The molecule has 0 radical (unpaired) electrons. The van der Waals surface area contributed by atoms with Crippen molar-refractivity contribution in [1.29, 1.82) is 0 Å². The van der Waals surface area contributed by atoms with Crippen molar-refractivity contribution in [1.82, 2.24) is 0 Å². The lowest BCUT2D eigenvalue weighted by Gasteiger charge is -1.67. The Labute approximate surface area is 40.7 Å². The van der Waals surface area contributed by atoms with E-state index in [1.807, 2.05) is 0 Å². The van der Waals surface area contributed by atoms with Crippen molar-refractivity contribution in [3.05, 3.63) is 22.7 Å². The van der Waals surface area contributed by atoms with Crippen LogP contribution in [-0.4, -0.2) is 11.7 Å². The van der Waals surface area contributed by atoms with Crippen LogP contribution in [0.2, 0.25) is 0 Å². The predicted molar refractivity (Wildman–Crippen MR) is 25.4 cm³/mol. The van der Waals surface area contributed by atoms with Crippen LogP contribution in [0.1, 0.15) is 0 Å². The van der Waals surface area contributed by atoms with Crippen molar-refractivity contribution in [3.8, 4) is 0 Å². The minimum absolute atomic E-state index is 0.0843. The molecular formula is C3H5N3O. The molecule has 0 heterocycles. The monoisotopic (exact) mass is 99.0 g/mol. The van der Waals surface area contributed by atoms with Gasteiger partial charge in [-0.1, -0.05) is 11.2 Å². The van der Waals surface area contributed by atoms with E-state index in [0.717, 1.165) is 0 Å². The molecule has 0 aliphatic heterocycles. The first-order valence-corrected chi connectivity index (χ1v) is 1.72. The summed E-state index contributed by atoms with van der Waals surface area (Å²) in [5, 5.41) is 11.0. The molecule has 0 spiro atoms. The second-order valence-corrected chi connectivity index (χ2v) is 0.772. The lowest BCUT2D eigenvalue weighted by atomic mass is 10.7. The average Bonchev–Trinajstić information content (AvgIpc) is 1.69. The molecule has 7 heavy (non-hydrogen) atoms. The van der Waals surface area contributed by atoms with Crippen LogP contribution >= 0.6 is 0 Å². The first-order chi connectivity index (χ1) is 3.41. The van der Waals surface area contributed by atoms with Crippen LogP contribution in [-0.2, 0) is 0 Å². The maximum atomic E-state index is 8.02. The van der Waals surface area contributed by atoms with Gasteiger partial charge in [0.05, 0.1) is 6.61 Å². The topological polar surface area (TPSA) is 69.0 Å². The van der Waals surface area contributed by atoms with E-state index >= 15 is 0 Å². The molecule has 0 rings (SSSR count). The van der Waals surface area contributed by atoms with E-state index in [2.05, 4.69) is 10.0 Å². The normalized spacial score (nSPS) is 8.71. The fourth-order valence-electron chi connectivity index (χ4n) is 0.124. The highest BCUT2D eigenvalue weighted by Gasteiger charge is 1.58. The Morgan fingerprint density at radius 2 is 2.57 bits per heavy atom.